The highest BCUT2D eigenvalue weighted by atomic mass is 15.2. The lowest BCUT2D eigenvalue weighted by atomic mass is 10.2. The molecule has 0 spiro atoms. The fourth-order valence-electron chi connectivity index (χ4n) is 1.59. The lowest BCUT2D eigenvalue weighted by molar-refractivity contribution is 0.995. The molecule has 1 rings (SSSR count). The summed E-state index contributed by atoms with van der Waals surface area (Å²) in [7, 11) is 4.00. The molecule has 1 aromatic heterocycles. The molecule has 17 heavy (non-hydrogen) atoms. The van der Waals surface area contributed by atoms with E-state index in [1.807, 2.05) is 38.1 Å². The van der Waals surface area contributed by atoms with Crippen LogP contribution in [0.2, 0.25) is 0 Å². The average molecular weight is 231 g/mol. The van der Waals surface area contributed by atoms with Crippen molar-refractivity contribution in [3.8, 4) is 0 Å². The lowest BCUT2D eigenvalue weighted by Crippen LogP contribution is -2.14. The molecular formula is C14H21N3. The molecule has 0 N–H and O–H groups in total. The van der Waals surface area contributed by atoms with Gasteiger partial charge in [-0.25, -0.2) is 9.97 Å². The molecule has 0 aliphatic carbocycles. The zero-order chi connectivity index (χ0) is 12.8. The summed E-state index contributed by atoms with van der Waals surface area (Å²) >= 11 is 0. The Labute approximate surface area is 104 Å². The molecule has 0 atom stereocenters. The first kappa shape index (κ1) is 13.4. The molecule has 3 heteroatoms. The highest BCUT2D eigenvalue weighted by Gasteiger charge is 2.09. The van der Waals surface area contributed by atoms with Crippen LogP contribution in [-0.4, -0.2) is 24.1 Å². The van der Waals surface area contributed by atoms with E-state index in [9.17, 15) is 0 Å². The van der Waals surface area contributed by atoms with E-state index in [0.717, 1.165) is 29.3 Å². The maximum absolute atomic E-state index is 4.53. The van der Waals surface area contributed by atoms with Crippen molar-refractivity contribution in [2.75, 3.05) is 19.0 Å². The van der Waals surface area contributed by atoms with Crippen LogP contribution in [0.5, 0.6) is 0 Å². The minimum Gasteiger partial charge on any atom is -0.362 e. The molecule has 0 bridgehead atoms. The number of hydrogen-bond acceptors (Lipinski definition) is 3. The largest absolute Gasteiger partial charge is 0.362 e. The third-order valence-electron chi connectivity index (χ3n) is 2.43. The Morgan fingerprint density at radius 2 is 1.88 bits per heavy atom. The van der Waals surface area contributed by atoms with Gasteiger partial charge in [0.25, 0.3) is 0 Å². The first-order chi connectivity index (χ1) is 8.10. The van der Waals surface area contributed by atoms with Crippen molar-refractivity contribution in [3.63, 3.8) is 0 Å². The van der Waals surface area contributed by atoms with Crippen LogP contribution in [0, 0.1) is 6.92 Å². The van der Waals surface area contributed by atoms with Crippen LogP contribution in [0.3, 0.4) is 0 Å². The zero-order valence-electron chi connectivity index (χ0n) is 11.4. The third-order valence-corrected chi connectivity index (χ3v) is 2.43. The van der Waals surface area contributed by atoms with Gasteiger partial charge in [-0.3, -0.25) is 0 Å². The third kappa shape index (κ3) is 3.41. The highest BCUT2D eigenvalue weighted by Crippen LogP contribution is 2.19. The number of rotatable bonds is 4. The second kappa shape index (κ2) is 6.18. The van der Waals surface area contributed by atoms with Crippen LogP contribution in [0.15, 0.2) is 12.2 Å². The summed E-state index contributed by atoms with van der Waals surface area (Å²) in [6.07, 6.45) is 9.08. The fraction of sp³-hybridized carbons (Fsp3) is 0.429. The molecule has 0 amide bonds. The van der Waals surface area contributed by atoms with Crippen molar-refractivity contribution >= 4 is 18.0 Å². The predicted molar refractivity (Wildman–Crippen MR) is 75.1 cm³/mol. The molecule has 0 aliphatic rings. The predicted octanol–water partition coefficient (Wildman–Crippen LogP) is 3.31. The normalized spacial score (nSPS) is 11.6. The van der Waals surface area contributed by atoms with Crippen molar-refractivity contribution in [3.05, 3.63) is 29.2 Å². The van der Waals surface area contributed by atoms with Crippen LogP contribution in [0.4, 0.5) is 5.82 Å². The maximum Gasteiger partial charge on any atom is 0.154 e. The van der Waals surface area contributed by atoms with Crippen LogP contribution in [0.25, 0.3) is 12.2 Å². The Morgan fingerprint density at radius 1 is 1.18 bits per heavy atom. The van der Waals surface area contributed by atoms with Gasteiger partial charge in [0.05, 0.1) is 5.69 Å². The van der Waals surface area contributed by atoms with Gasteiger partial charge in [0.1, 0.15) is 5.82 Å². The highest BCUT2D eigenvalue weighted by molar-refractivity contribution is 5.60. The van der Waals surface area contributed by atoms with E-state index in [4.69, 9.17) is 0 Å². The summed E-state index contributed by atoms with van der Waals surface area (Å²) in [6.45, 7) is 6.15. The second-order valence-corrected chi connectivity index (χ2v) is 4.12. The Balaban J connectivity index is 3.32. The van der Waals surface area contributed by atoms with E-state index in [1.54, 1.807) is 0 Å². The van der Waals surface area contributed by atoms with Crippen LogP contribution >= 0.6 is 0 Å². The second-order valence-electron chi connectivity index (χ2n) is 4.12. The van der Waals surface area contributed by atoms with Gasteiger partial charge in [0.15, 0.2) is 5.82 Å². The molecule has 0 unspecified atom stereocenters. The number of allylic oxidation sites excluding steroid dienone is 2. The molecule has 3 nitrogen and oxygen atoms in total. The van der Waals surface area contributed by atoms with Crippen molar-refractivity contribution in [1.82, 2.24) is 9.97 Å². The standard InChI is InChI=1S/C14H21N3/c1-6-8-10-12-11(3)14(17(4)5)16-13(15-12)9-7-2/h7-10H,6H2,1-5H3/b9-7+,10-8-. The Morgan fingerprint density at radius 3 is 2.41 bits per heavy atom. The quantitative estimate of drug-likeness (QED) is 0.796. The van der Waals surface area contributed by atoms with E-state index in [2.05, 4.69) is 36.0 Å². The molecule has 1 heterocycles. The zero-order valence-corrected chi connectivity index (χ0v) is 11.4. The molecular weight excluding hydrogens is 210 g/mol. The Hall–Kier alpha value is -1.64. The number of nitrogens with zero attached hydrogens (tertiary/aromatic N) is 3. The molecule has 0 saturated carbocycles. The Kier molecular flexibility index (Phi) is 4.88. The van der Waals surface area contributed by atoms with Crippen LogP contribution < -0.4 is 4.90 Å². The molecule has 0 aliphatic heterocycles. The number of anilines is 1. The SMILES string of the molecule is C/C=C/c1nc(/C=C\CC)c(C)c(N(C)C)n1. The van der Waals surface area contributed by atoms with E-state index < -0.39 is 0 Å². The molecule has 0 saturated heterocycles. The summed E-state index contributed by atoms with van der Waals surface area (Å²) in [5.41, 5.74) is 2.12. The van der Waals surface area contributed by atoms with Gasteiger partial charge in [-0.2, -0.15) is 0 Å². The van der Waals surface area contributed by atoms with E-state index >= 15 is 0 Å². The van der Waals surface area contributed by atoms with Gasteiger partial charge in [0, 0.05) is 19.7 Å². The smallest absolute Gasteiger partial charge is 0.154 e. The van der Waals surface area contributed by atoms with Gasteiger partial charge < -0.3 is 4.90 Å². The summed E-state index contributed by atoms with van der Waals surface area (Å²) in [5.74, 6) is 1.74. The van der Waals surface area contributed by atoms with Crippen LogP contribution in [0.1, 0.15) is 37.4 Å². The van der Waals surface area contributed by atoms with Gasteiger partial charge in [-0.1, -0.05) is 19.1 Å². The monoisotopic (exact) mass is 231 g/mol. The minimum absolute atomic E-state index is 0.762. The van der Waals surface area contributed by atoms with Gasteiger partial charge >= 0.3 is 0 Å². The Bertz CT molecular complexity index is 431. The van der Waals surface area contributed by atoms with Gasteiger partial charge in [-0.15, -0.1) is 0 Å². The molecule has 0 fully saturated rings. The summed E-state index contributed by atoms with van der Waals surface area (Å²) in [5, 5.41) is 0. The topological polar surface area (TPSA) is 29.0 Å². The van der Waals surface area contributed by atoms with E-state index in [-0.39, 0.29) is 0 Å². The van der Waals surface area contributed by atoms with Gasteiger partial charge in [-0.05, 0) is 32.4 Å². The molecule has 0 aromatic carbocycles. The van der Waals surface area contributed by atoms with Crippen molar-refractivity contribution in [1.29, 1.82) is 0 Å². The molecule has 92 valence electrons. The molecule has 0 radical (unpaired) electrons. The summed E-state index contributed by atoms with van der Waals surface area (Å²) in [6, 6.07) is 0. The number of aromatic nitrogens is 2. The minimum atomic E-state index is 0.762. The van der Waals surface area contributed by atoms with E-state index in [0.29, 0.717) is 0 Å². The average Bonchev–Trinajstić information content (AvgIpc) is 2.29. The fourth-order valence-corrected chi connectivity index (χ4v) is 1.59. The number of hydrogen-bond donors (Lipinski definition) is 0. The van der Waals surface area contributed by atoms with Crippen molar-refractivity contribution in [2.24, 2.45) is 0 Å². The summed E-state index contributed by atoms with van der Waals surface area (Å²) in [4.78, 5) is 11.1. The first-order valence-electron chi connectivity index (χ1n) is 5.95. The maximum atomic E-state index is 4.53. The summed E-state index contributed by atoms with van der Waals surface area (Å²) < 4.78 is 0. The lowest BCUT2D eigenvalue weighted by Gasteiger charge is -2.16. The van der Waals surface area contributed by atoms with Crippen LogP contribution in [-0.2, 0) is 0 Å². The van der Waals surface area contributed by atoms with Crippen molar-refractivity contribution in [2.45, 2.75) is 27.2 Å². The first-order valence-corrected chi connectivity index (χ1v) is 5.95. The van der Waals surface area contributed by atoms with Gasteiger partial charge in [0.2, 0.25) is 0 Å². The molecule has 1 aromatic rings. The van der Waals surface area contributed by atoms with Crippen molar-refractivity contribution < 1.29 is 0 Å². The van der Waals surface area contributed by atoms with E-state index in [1.165, 1.54) is 0 Å².